The van der Waals surface area contributed by atoms with Crippen molar-refractivity contribution < 1.29 is 13.2 Å². The van der Waals surface area contributed by atoms with Gasteiger partial charge < -0.3 is 0 Å². The summed E-state index contributed by atoms with van der Waals surface area (Å²) in [7, 11) is 0. The summed E-state index contributed by atoms with van der Waals surface area (Å²) in [5.74, 6) is 0.769. The highest BCUT2D eigenvalue weighted by Gasteiger charge is 2.37. The van der Waals surface area contributed by atoms with Gasteiger partial charge in [0.05, 0.1) is 5.57 Å². The van der Waals surface area contributed by atoms with E-state index in [1.54, 1.807) is 6.08 Å². The zero-order valence-electron chi connectivity index (χ0n) is 14.8. The molecule has 2 aliphatic rings. The van der Waals surface area contributed by atoms with Gasteiger partial charge in [-0.3, -0.25) is 4.90 Å². The second-order valence-corrected chi connectivity index (χ2v) is 7.44. The molecule has 0 N–H and O–H groups in total. The van der Waals surface area contributed by atoms with E-state index in [1.807, 2.05) is 18.2 Å². The van der Waals surface area contributed by atoms with Crippen molar-refractivity contribution in [3.63, 3.8) is 0 Å². The van der Waals surface area contributed by atoms with Crippen LogP contribution in [0.1, 0.15) is 44.7 Å². The minimum absolute atomic E-state index is 0.153. The van der Waals surface area contributed by atoms with Crippen LogP contribution >= 0.6 is 0 Å². The molecule has 0 bridgehead atoms. The van der Waals surface area contributed by atoms with E-state index in [9.17, 15) is 13.2 Å². The molecule has 1 saturated heterocycles. The van der Waals surface area contributed by atoms with Crippen LogP contribution in [0.5, 0.6) is 0 Å². The molecule has 136 valence electrons. The average Bonchev–Trinajstić information content (AvgIpc) is 2.61. The fourth-order valence-corrected chi connectivity index (χ4v) is 4.16. The van der Waals surface area contributed by atoms with Gasteiger partial charge >= 0.3 is 6.18 Å². The highest BCUT2D eigenvalue weighted by molar-refractivity contribution is 5.29. The van der Waals surface area contributed by atoms with Crippen molar-refractivity contribution in [1.82, 2.24) is 4.90 Å². The Morgan fingerprint density at radius 3 is 2.48 bits per heavy atom. The van der Waals surface area contributed by atoms with Crippen molar-refractivity contribution in [2.24, 2.45) is 11.8 Å². The number of benzene rings is 1. The van der Waals surface area contributed by atoms with Crippen molar-refractivity contribution in [3.8, 4) is 0 Å². The van der Waals surface area contributed by atoms with Crippen LogP contribution in [0.15, 0.2) is 54.1 Å². The summed E-state index contributed by atoms with van der Waals surface area (Å²) in [6.45, 7) is 5.46. The third kappa shape index (κ3) is 4.17. The predicted octanol–water partition coefficient (Wildman–Crippen LogP) is 5.91. The highest BCUT2D eigenvalue weighted by Crippen LogP contribution is 2.39. The predicted molar refractivity (Wildman–Crippen MR) is 95.1 cm³/mol. The van der Waals surface area contributed by atoms with Gasteiger partial charge in [-0.15, -0.1) is 0 Å². The van der Waals surface area contributed by atoms with Crippen molar-refractivity contribution >= 4 is 0 Å². The normalized spacial score (nSPS) is 29.3. The van der Waals surface area contributed by atoms with Crippen LogP contribution in [0.4, 0.5) is 13.2 Å². The first-order valence-electron chi connectivity index (χ1n) is 9.12. The summed E-state index contributed by atoms with van der Waals surface area (Å²) in [5, 5.41) is 0. The minimum Gasteiger partial charge on any atom is -0.293 e. The summed E-state index contributed by atoms with van der Waals surface area (Å²) in [6.07, 6.45) is 2.86. The maximum atomic E-state index is 12.9. The van der Waals surface area contributed by atoms with E-state index in [0.29, 0.717) is 18.4 Å². The Morgan fingerprint density at radius 1 is 1.16 bits per heavy atom. The number of allylic oxidation sites excluding steroid dienone is 3. The molecule has 1 aromatic carbocycles. The SMILES string of the molecule is CC1CCN(C(C)c2ccccc2)[C@@H](C2C=CC(C(F)(F)F)=CC2)C1. The molecule has 3 unspecified atom stereocenters. The van der Waals surface area contributed by atoms with E-state index in [4.69, 9.17) is 0 Å². The van der Waals surface area contributed by atoms with E-state index in [-0.39, 0.29) is 12.0 Å². The molecule has 1 aromatic rings. The van der Waals surface area contributed by atoms with Crippen LogP contribution in [0.3, 0.4) is 0 Å². The van der Waals surface area contributed by atoms with E-state index in [1.165, 1.54) is 17.7 Å². The molecule has 1 aliphatic heterocycles. The monoisotopic (exact) mass is 349 g/mol. The van der Waals surface area contributed by atoms with Crippen LogP contribution < -0.4 is 0 Å². The van der Waals surface area contributed by atoms with Crippen LogP contribution in [0.25, 0.3) is 0 Å². The Hall–Kier alpha value is -1.55. The van der Waals surface area contributed by atoms with Crippen molar-refractivity contribution in [1.29, 1.82) is 0 Å². The zero-order valence-corrected chi connectivity index (χ0v) is 14.8. The number of piperidine rings is 1. The number of alkyl halides is 3. The number of hydrogen-bond acceptors (Lipinski definition) is 1. The van der Waals surface area contributed by atoms with Crippen molar-refractivity contribution in [2.45, 2.75) is 51.4 Å². The molecule has 3 rings (SSSR count). The Labute approximate surface area is 148 Å². The largest absolute Gasteiger partial charge is 0.416 e. The summed E-state index contributed by atoms with van der Waals surface area (Å²) >= 11 is 0. The summed E-state index contributed by atoms with van der Waals surface area (Å²) < 4.78 is 38.6. The molecule has 0 saturated carbocycles. The van der Waals surface area contributed by atoms with Gasteiger partial charge in [0.1, 0.15) is 0 Å². The fraction of sp³-hybridized carbons (Fsp3) is 0.524. The zero-order chi connectivity index (χ0) is 18.0. The Morgan fingerprint density at radius 2 is 1.88 bits per heavy atom. The first-order chi connectivity index (χ1) is 11.9. The summed E-state index contributed by atoms with van der Waals surface area (Å²) in [5.41, 5.74) is 0.767. The highest BCUT2D eigenvalue weighted by atomic mass is 19.4. The maximum Gasteiger partial charge on any atom is 0.416 e. The molecule has 1 nitrogen and oxygen atoms in total. The number of likely N-dealkylation sites (tertiary alicyclic amines) is 1. The molecule has 4 heteroatoms. The van der Waals surface area contributed by atoms with E-state index in [2.05, 4.69) is 30.9 Å². The van der Waals surface area contributed by atoms with Crippen LogP contribution in [0, 0.1) is 11.8 Å². The number of rotatable bonds is 3. The van der Waals surface area contributed by atoms with Crippen molar-refractivity contribution in [3.05, 3.63) is 59.7 Å². The second kappa shape index (κ2) is 7.36. The quantitative estimate of drug-likeness (QED) is 0.655. The molecule has 1 aliphatic carbocycles. The Bertz CT molecular complexity index is 632. The van der Waals surface area contributed by atoms with Gasteiger partial charge in [-0.2, -0.15) is 13.2 Å². The molecule has 1 heterocycles. The number of halogens is 3. The molecule has 25 heavy (non-hydrogen) atoms. The molecule has 0 amide bonds. The third-order valence-corrected chi connectivity index (χ3v) is 5.68. The molecule has 0 aromatic heterocycles. The third-order valence-electron chi connectivity index (χ3n) is 5.68. The molecule has 0 spiro atoms. The van der Waals surface area contributed by atoms with Crippen LogP contribution in [-0.2, 0) is 0 Å². The van der Waals surface area contributed by atoms with Gasteiger partial charge in [0.25, 0.3) is 0 Å². The lowest BCUT2D eigenvalue weighted by Gasteiger charge is -2.45. The van der Waals surface area contributed by atoms with Gasteiger partial charge in [0, 0.05) is 12.1 Å². The summed E-state index contributed by atoms with van der Waals surface area (Å²) in [6, 6.07) is 11.0. The van der Waals surface area contributed by atoms with E-state index >= 15 is 0 Å². The lowest BCUT2D eigenvalue weighted by atomic mass is 9.80. The summed E-state index contributed by atoms with van der Waals surface area (Å²) in [4.78, 5) is 2.50. The fourth-order valence-electron chi connectivity index (χ4n) is 4.16. The second-order valence-electron chi connectivity index (χ2n) is 7.44. The Balaban J connectivity index is 1.78. The topological polar surface area (TPSA) is 3.24 Å². The van der Waals surface area contributed by atoms with Gasteiger partial charge in [0.15, 0.2) is 0 Å². The van der Waals surface area contributed by atoms with Crippen molar-refractivity contribution in [2.75, 3.05) is 6.54 Å². The lowest BCUT2D eigenvalue weighted by Crippen LogP contribution is -2.47. The van der Waals surface area contributed by atoms with E-state index < -0.39 is 11.7 Å². The van der Waals surface area contributed by atoms with E-state index in [0.717, 1.165) is 19.4 Å². The van der Waals surface area contributed by atoms with Crippen LogP contribution in [0.2, 0.25) is 0 Å². The van der Waals surface area contributed by atoms with Gasteiger partial charge in [-0.1, -0.05) is 55.5 Å². The molecule has 4 atom stereocenters. The van der Waals surface area contributed by atoms with Crippen LogP contribution in [-0.4, -0.2) is 23.7 Å². The first-order valence-corrected chi connectivity index (χ1v) is 9.12. The molecule has 0 radical (unpaired) electrons. The maximum absolute atomic E-state index is 12.9. The number of nitrogens with zero attached hydrogens (tertiary/aromatic N) is 1. The average molecular weight is 349 g/mol. The molecule has 1 fully saturated rings. The Kier molecular flexibility index (Phi) is 5.38. The number of hydrogen-bond donors (Lipinski definition) is 0. The smallest absolute Gasteiger partial charge is 0.293 e. The lowest BCUT2D eigenvalue weighted by molar-refractivity contribution is -0.0889. The standard InChI is InChI=1S/C21H26F3N/c1-15-12-13-25(16(2)17-6-4-3-5-7-17)20(14-15)18-8-10-19(11-9-18)21(22,23)24/h3-8,10-11,15-16,18,20H,9,12-14H2,1-2H3/t15?,16?,18?,20-/m1/s1. The minimum atomic E-state index is -4.24. The molecular weight excluding hydrogens is 323 g/mol. The van der Waals surface area contributed by atoms with Gasteiger partial charge in [-0.25, -0.2) is 0 Å². The first kappa shape index (κ1) is 18.2. The van der Waals surface area contributed by atoms with Gasteiger partial charge in [0.2, 0.25) is 0 Å². The molecular formula is C21H26F3N. The van der Waals surface area contributed by atoms with Gasteiger partial charge in [-0.05, 0) is 50.1 Å².